The van der Waals surface area contributed by atoms with Crippen LogP contribution < -0.4 is 16.8 Å². The highest BCUT2D eigenvalue weighted by atomic mass is 16.5. The number of rotatable bonds is 6. The van der Waals surface area contributed by atoms with Crippen molar-refractivity contribution < 1.29 is 33.4 Å². The monoisotopic (exact) mass is 601 g/mol. The maximum atomic E-state index is 12.6. The molecule has 0 spiro atoms. The maximum absolute atomic E-state index is 12.6. The zero-order valence-corrected chi connectivity index (χ0v) is 23.2. The number of primary amides is 1. The molecular formula is C30H31N7O7. The Morgan fingerprint density at radius 2 is 1.91 bits per heavy atom. The zero-order valence-electron chi connectivity index (χ0n) is 23.2. The quantitative estimate of drug-likeness (QED) is 0.207. The molecular weight excluding hydrogens is 570 g/mol. The summed E-state index contributed by atoms with van der Waals surface area (Å²) in [6, 6.07) is 12.1. The van der Waals surface area contributed by atoms with Crippen LogP contribution in [0.25, 0.3) is 16.7 Å². The number of ether oxygens (including phenoxy) is 1. The second-order valence-corrected chi connectivity index (χ2v) is 9.76. The van der Waals surface area contributed by atoms with Gasteiger partial charge in [0.2, 0.25) is 0 Å². The van der Waals surface area contributed by atoms with Crippen molar-refractivity contribution >= 4 is 40.5 Å². The highest BCUT2D eigenvalue weighted by Gasteiger charge is 2.22. The van der Waals surface area contributed by atoms with E-state index in [2.05, 4.69) is 25.1 Å². The molecule has 3 aromatic heterocycles. The summed E-state index contributed by atoms with van der Waals surface area (Å²) in [5.74, 6) is -2.54. The minimum absolute atomic E-state index is 0. The first-order valence-corrected chi connectivity index (χ1v) is 13.1. The number of oxazole rings is 1. The van der Waals surface area contributed by atoms with Crippen molar-refractivity contribution in [2.45, 2.75) is 39.8 Å². The fourth-order valence-corrected chi connectivity index (χ4v) is 4.77. The van der Waals surface area contributed by atoms with E-state index in [1.54, 1.807) is 31.2 Å². The van der Waals surface area contributed by atoms with Gasteiger partial charge in [-0.1, -0.05) is 19.6 Å². The number of nitrogens with two attached hydrogens (primary N) is 2. The molecule has 6 N–H and O–H groups in total. The van der Waals surface area contributed by atoms with Crippen LogP contribution in [-0.2, 0) is 17.7 Å². The summed E-state index contributed by atoms with van der Waals surface area (Å²) in [6.07, 6.45) is 3.04. The molecule has 0 fully saturated rings. The third kappa shape index (κ3) is 6.24. The van der Waals surface area contributed by atoms with E-state index >= 15 is 0 Å². The van der Waals surface area contributed by atoms with Crippen molar-refractivity contribution in [3.63, 3.8) is 0 Å². The number of fused-ring (bicyclic) bond motifs is 3. The number of methoxy groups -OCH3 is 1. The van der Waals surface area contributed by atoms with Crippen LogP contribution in [0.2, 0.25) is 0 Å². The number of amides is 2. The second-order valence-electron chi connectivity index (χ2n) is 9.76. The lowest BCUT2D eigenvalue weighted by molar-refractivity contribution is 0.0599. The van der Waals surface area contributed by atoms with Crippen molar-refractivity contribution in [3.05, 3.63) is 93.8 Å². The maximum Gasteiger partial charge on any atom is 0.354 e. The van der Waals surface area contributed by atoms with Crippen LogP contribution in [0.15, 0.2) is 53.1 Å². The van der Waals surface area contributed by atoms with Gasteiger partial charge in [-0.2, -0.15) is 5.10 Å². The van der Waals surface area contributed by atoms with Crippen LogP contribution in [0.3, 0.4) is 0 Å². The van der Waals surface area contributed by atoms with Crippen molar-refractivity contribution in [1.82, 2.24) is 24.9 Å². The molecule has 1 aliphatic carbocycles. The summed E-state index contributed by atoms with van der Waals surface area (Å²) < 4.78 is 11.0. The molecule has 1 aliphatic rings. The molecule has 0 bridgehead atoms. The number of carbonyl (C=O) groups excluding carboxylic acids is 3. The third-order valence-electron chi connectivity index (χ3n) is 6.89. The smallest absolute Gasteiger partial charge is 0.354 e. The molecule has 3 heterocycles. The van der Waals surface area contributed by atoms with Crippen LogP contribution in [-0.4, -0.2) is 55.6 Å². The Morgan fingerprint density at radius 3 is 2.61 bits per heavy atom. The molecule has 14 heteroatoms. The fraction of sp³-hybridized carbons (Fsp3) is 0.233. The number of aromatic nitrogens is 4. The first-order chi connectivity index (χ1) is 20.5. The molecule has 6 rings (SSSR count). The zero-order chi connectivity index (χ0) is 30.8. The summed E-state index contributed by atoms with van der Waals surface area (Å²) in [7, 11) is 1.39. The van der Waals surface area contributed by atoms with Gasteiger partial charge < -0.3 is 31.0 Å². The topological polar surface area (TPSA) is 218 Å². The molecule has 2 aromatic carbocycles. The first-order valence-electron chi connectivity index (χ1n) is 13.1. The van der Waals surface area contributed by atoms with Crippen molar-refractivity contribution in [1.29, 1.82) is 0 Å². The number of carbonyl (C=O) groups is 4. The number of hydrogen-bond acceptors (Lipinski definition) is 10. The number of hydrogen-bond donors (Lipinski definition) is 4. The van der Waals surface area contributed by atoms with E-state index in [0.29, 0.717) is 22.6 Å². The summed E-state index contributed by atoms with van der Waals surface area (Å²) in [5.41, 5.74) is 15.5. The van der Waals surface area contributed by atoms with E-state index in [1.807, 2.05) is 12.1 Å². The second kappa shape index (κ2) is 12.7. The molecule has 0 saturated carbocycles. The summed E-state index contributed by atoms with van der Waals surface area (Å²) in [5, 5.41) is 15.9. The van der Waals surface area contributed by atoms with Crippen molar-refractivity contribution in [2.75, 3.05) is 7.11 Å². The van der Waals surface area contributed by atoms with Crippen molar-refractivity contribution in [3.8, 4) is 0 Å². The van der Waals surface area contributed by atoms with Gasteiger partial charge in [-0.15, -0.1) is 0 Å². The number of aromatic carboxylic acids is 1. The molecule has 1 atom stereocenters. The van der Waals surface area contributed by atoms with Crippen LogP contribution in [0.4, 0.5) is 0 Å². The minimum Gasteiger partial charge on any atom is -0.477 e. The largest absolute Gasteiger partial charge is 0.477 e. The van der Waals surface area contributed by atoms with E-state index in [1.165, 1.54) is 12.7 Å². The number of carboxylic acid groups (broad SMARTS) is 1. The Morgan fingerprint density at radius 1 is 1.14 bits per heavy atom. The molecule has 14 nitrogen and oxygen atoms in total. The van der Waals surface area contributed by atoms with E-state index in [4.69, 9.17) is 15.9 Å². The molecule has 0 saturated heterocycles. The molecule has 0 radical (unpaired) electrons. The van der Waals surface area contributed by atoms with Crippen LogP contribution >= 0.6 is 0 Å². The minimum atomic E-state index is -1.34. The third-order valence-corrected chi connectivity index (χ3v) is 6.89. The van der Waals surface area contributed by atoms with Gasteiger partial charge in [0.15, 0.2) is 22.8 Å². The first kappa shape index (κ1) is 31.3. The van der Waals surface area contributed by atoms with Gasteiger partial charge in [-0.3, -0.25) is 9.59 Å². The van der Waals surface area contributed by atoms with E-state index < -0.39 is 17.8 Å². The Hall–Kier alpha value is -5.63. The molecule has 0 unspecified atom stereocenters. The number of nitrogens with one attached hydrogen (secondary N) is 1. The predicted molar refractivity (Wildman–Crippen MR) is 158 cm³/mol. The number of carboxylic acids is 1. The van der Waals surface area contributed by atoms with E-state index in [9.17, 15) is 24.3 Å². The number of esters is 1. The van der Waals surface area contributed by atoms with Gasteiger partial charge in [0.25, 0.3) is 11.8 Å². The van der Waals surface area contributed by atoms with Gasteiger partial charge in [-0.25, -0.2) is 24.1 Å². The van der Waals surface area contributed by atoms with Crippen molar-refractivity contribution in [2.24, 2.45) is 11.5 Å². The molecule has 0 aliphatic heterocycles. The van der Waals surface area contributed by atoms with Gasteiger partial charge in [0, 0.05) is 25.6 Å². The average molecular weight is 602 g/mol. The van der Waals surface area contributed by atoms with Gasteiger partial charge in [-0.05, 0) is 53.8 Å². The Kier molecular flexibility index (Phi) is 9.04. The summed E-state index contributed by atoms with van der Waals surface area (Å²) >= 11 is 0. The molecule has 5 aromatic rings. The van der Waals surface area contributed by atoms with Gasteiger partial charge >= 0.3 is 11.9 Å². The Balaban J connectivity index is 0.000000248. The van der Waals surface area contributed by atoms with Gasteiger partial charge in [0.05, 0.1) is 18.9 Å². The Bertz CT molecular complexity index is 1910. The molecule has 44 heavy (non-hydrogen) atoms. The number of benzene rings is 2. The summed E-state index contributed by atoms with van der Waals surface area (Å²) in [4.78, 5) is 55.1. The van der Waals surface area contributed by atoms with Crippen LogP contribution in [0.5, 0.6) is 0 Å². The lowest BCUT2D eigenvalue weighted by Crippen LogP contribution is -2.25. The number of nitrogens with zero attached hydrogens (tertiary/aromatic N) is 4. The normalized spacial score (nSPS) is 13.4. The standard InChI is InChI=1S/C18H14N6O5.C11H13NO2.CH4/c1-8-22-11-4-9(2-3-14(11)29-8)6-20-17(26)12-5-13(18(27)28)24-16(23-12)10(7-21-24)15(19)25;1-14-11(13)8-2-4-9-7(6-8)3-5-10(9)12;/h2-5,7H,6H2,1H3,(H2,19,25)(H,20,26)(H,27,28);2,4,6,10H,3,5,12H2,1H3;1H4/t;10-;/m.0./s1. The molecule has 228 valence electrons. The van der Waals surface area contributed by atoms with E-state index in [-0.39, 0.29) is 48.6 Å². The highest BCUT2D eigenvalue weighted by molar-refractivity contribution is 6.01. The SMILES string of the molecule is C.COC(=O)c1ccc2c(c1)CC[C@@H]2N.Cc1nc2cc(CNC(=O)c3cc(C(=O)O)n4ncc(C(N)=O)c4n3)ccc2o1. The average Bonchev–Trinajstić information content (AvgIpc) is 3.70. The highest BCUT2D eigenvalue weighted by Crippen LogP contribution is 2.29. The van der Waals surface area contributed by atoms with E-state index in [0.717, 1.165) is 40.7 Å². The molecule has 2 amide bonds. The lowest BCUT2D eigenvalue weighted by Gasteiger charge is -2.07. The number of aryl methyl sites for hydroxylation is 2. The fourth-order valence-electron chi connectivity index (χ4n) is 4.77. The summed E-state index contributed by atoms with van der Waals surface area (Å²) in [6.45, 7) is 1.89. The Labute approximate surface area is 251 Å². The predicted octanol–water partition coefficient (Wildman–Crippen LogP) is 2.96. The van der Waals surface area contributed by atoms with Crippen LogP contribution in [0, 0.1) is 6.92 Å². The van der Waals surface area contributed by atoms with Gasteiger partial charge in [0.1, 0.15) is 16.8 Å². The lowest BCUT2D eigenvalue weighted by atomic mass is 10.1. The van der Waals surface area contributed by atoms with Crippen LogP contribution in [0.1, 0.15) is 84.2 Å².